The van der Waals surface area contributed by atoms with Crippen LogP contribution in [0.4, 0.5) is 0 Å². The van der Waals surface area contributed by atoms with Crippen LogP contribution in [0.25, 0.3) is 33.4 Å². The Morgan fingerprint density at radius 1 is 0.897 bits per heavy atom. The van der Waals surface area contributed by atoms with E-state index in [1.807, 2.05) is 0 Å². The number of phenols is 3. The third kappa shape index (κ3) is 2.96. The predicted octanol–water partition coefficient (Wildman–Crippen LogP) is 4.35. The van der Waals surface area contributed by atoms with E-state index < -0.39 is 11.2 Å². The van der Waals surface area contributed by atoms with Gasteiger partial charge in [0.1, 0.15) is 11.3 Å². The Bertz CT molecular complexity index is 1290. The Balaban J connectivity index is 2.20. The smallest absolute Gasteiger partial charge is 0.223 e. The van der Waals surface area contributed by atoms with Crippen molar-refractivity contribution < 1.29 is 29.2 Å². The molecular formula is C21H15ClO7. The average molecular weight is 415 g/mol. The maximum Gasteiger partial charge on any atom is 0.223 e. The zero-order chi connectivity index (χ0) is 20.9. The normalized spacial score (nSPS) is 11.1. The lowest BCUT2D eigenvalue weighted by Gasteiger charge is -2.18. The summed E-state index contributed by atoms with van der Waals surface area (Å²) in [5.41, 5.74) is 1.08. The summed E-state index contributed by atoms with van der Waals surface area (Å²) in [6.07, 6.45) is 0. The van der Waals surface area contributed by atoms with Gasteiger partial charge >= 0.3 is 0 Å². The number of hydrogen-bond donors (Lipinski definition) is 3. The Morgan fingerprint density at radius 2 is 1.62 bits per heavy atom. The van der Waals surface area contributed by atoms with Crippen molar-refractivity contribution in [2.24, 2.45) is 0 Å². The SMILES string of the molecule is COc1cc(-c2c3cc(O)c(=O)cc-3oc3cc(O)c(O)cc23)cc(Cl)c1OC. The van der Waals surface area contributed by atoms with Crippen LogP contribution in [-0.4, -0.2) is 29.5 Å². The molecule has 2 aliphatic rings. The first-order chi connectivity index (χ1) is 13.8. The first kappa shape index (κ1) is 18.8. The number of hydrogen-bond acceptors (Lipinski definition) is 7. The summed E-state index contributed by atoms with van der Waals surface area (Å²) in [5.74, 6) is -0.293. The largest absolute Gasteiger partial charge is 0.504 e. The van der Waals surface area contributed by atoms with Crippen LogP contribution in [0.5, 0.6) is 28.7 Å². The topological polar surface area (TPSA) is 109 Å². The maximum atomic E-state index is 11.9. The van der Waals surface area contributed by atoms with Crippen LogP contribution in [0.1, 0.15) is 0 Å². The zero-order valence-electron chi connectivity index (χ0n) is 15.3. The molecule has 0 bridgehead atoms. The highest BCUT2D eigenvalue weighted by molar-refractivity contribution is 6.32. The molecule has 0 radical (unpaired) electrons. The van der Waals surface area contributed by atoms with E-state index in [0.717, 1.165) is 6.07 Å². The van der Waals surface area contributed by atoms with E-state index in [0.29, 0.717) is 33.6 Å². The molecule has 148 valence electrons. The number of methoxy groups -OCH3 is 2. The molecule has 29 heavy (non-hydrogen) atoms. The molecule has 0 fully saturated rings. The third-order valence-electron chi connectivity index (χ3n) is 4.62. The minimum atomic E-state index is -0.611. The van der Waals surface area contributed by atoms with Crippen molar-refractivity contribution in [2.45, 2.75) is 0 Å². The number of aromatic hydroxyl groups is 3. The molecule has 0 unspecified atom stereocenters. The molecule has 3 N–H and O–H groups in total. The van der Waals surface area contributed by atoms with Crippen LogP contribution in [0.3, 0.4) is 0 Å². The fourth-order valence-corrected chi connectivity index (χ4v) is 3.59. The third-order valence-corrected chi connectivity index (χ3v) is 4.90. The molecule has 1 heterocycles. The van der Waals surface area contributed by atoms with E-state index >= 15 is 0 Å². The van der Waals surface area contributed by atoms with Gasteiger partial charge in [-0.15, -0.1) is 0 Å². The van der Waals surface area contributed by atoms with Gasteiger partial charge in [-0.1, -0.05) is 11.6 Å². The van der Waals surface area contributed by atoms with Crippen LogP contribution < -0.4 is 14.9 Å². The van der Waals surface area contributed by atoms with E-state index in [2.05, 4.69) is 0 Å². The summed E-state index contributed by atoms with van der Waals surface area (Å²) in [7, 11) is 2.93. The fraction of sp³-hybridized carbons (Fsp3) is 0.0952. The van der Waals surface area contributed by atoms with Gasteiger partial charge in [0.25, 0.3) is 0 Å². The highest BCUT2D eigenvalue weighted by Crippen LogP contribution is 2.47. The number of benzene rings is 3. The van der Waals surface area contributed by atoms with E-state index in [1.165, 1.54) is 32.4 Å². The summed E-state index contributed by atoms with van der Waals surface area (Å²) in [4.78, 5) is 11.9. The second-order valence-electron chi connectivity index (χ2n) is 6.32. The van der Waals surface area contributed by atoms with E-state index in [-0.39, 0.29) is 27.9 Å². The Morgan fingerprint density at radius 3 is 2.31 bits per heavy atom. The van der Waals surface area contributed by atoms with Crippen molar-refractivity contribution >= 4 is 22.6 Å². The van der Waals surface area contributed by atoms with Gasteiger partial charge in [-0.05, 0) is 29.8 Å². The Kier molecular flexibility index (Phi) is 4.39. The number of halogens is 1. The molecule has 1 aliphatic heterocycles. The van der Waals surface area contributed by atoms with Gasteiger partial charge in [0.15, 0.2) is 28.7 Å². The molecule has 0 saturated heterocycles. The van der Waals surface area contributed by atoms with Gasteiger partial charge in [0, 0.05) is 28.6 Å². The second-order valence-corrected chi connectivity index (χ2v) is 6.73. The summed E-state index contributed by atoms with van der Waals surface area (Å²) >= 11 is 6.36. The van der Waals surface area contributed by atoms with Crippen LogP contribution >= 0.6 is 11.6 Å². The van der Waals surface area contributed by atoms with Crippen molar-refractivity contribution in [3.63, 3.8) is 0 Å². The number of rotatable bonds is 3. The van der Waals surface area contributed by atoms with E-state index in [1.54, 1.807) is 12.1 Å². The lowest BCUT2D eigenvalue weighted by atomic mass is 9.93. The second kappa shape index (κ2) is 6.79. The quantitative estimate of drug-likeness (QED) is 0.337. The minimum Gasteiger partial charge on any atom is -0.504 e. The summed E-state index contributed by atoms with van der Waals surface area (Å²) in [6, 6.07) is 8.31. The first-order valence-electron chi connectivity index (χ1n) is 8.41. The summed E-state index contributed by atoms with van der Waals surface area (Å²) in [6.45, 7) is 0. The van der Waals surface area contributed by atoms with Gasteiger partial charge in [-0.2, -0.15) is 0 Å². The molecule has 4 rings (SSSR count). The molecule has 0 saturated carbocycles. The predicted molar refractivity (Wildman–Crippen MR) is 108 cm³/mol. The van der Waals surface area contributed by atoms with E-state index in [9.17, 15) is 20.1 Å². The van der Waals surface area contributed by atoms with Crippen molar-refractivity contribution in [2.75, 3.05) is 14.2 Å². The van der Waals surface area contributed by atoms with Crippen LogP contribution in [-0.2, 0) is 0 Å². The van der Waals surface area contributed by atoms with E-state index in [4.69, 9.17) is 25.5 Å². The first-order valence-corrected chi connectivity index (χ1v) is 8.79. The molecule has 1 aliphatic carbocycles. The van der Waals surface area contributed by atoms with Gasteiger partial charge in [0.05, 0.1) is 19.2 Å². The molecule has 0 amide bonds. The molecule has 2 aromatic rings. The lowest BCUT2D eigenvalue weighted by Crippen LogP contribution is -2.02. The minimum absolute atomic E-state index is 0.186. The van der Waals surface area contributed by atoms with Crippen molar-refractivity contribution in [1.82, 2.24) is 0 Å². The van der Waals surface area contributed by atoms with Crippen molar-refractivity contribution in [1.29, 1.82) is 0 Å². The molecule has 7 nitrogen and oxygen atoms in total. The molecule has 0 aromatic heterocycles. The summed E-state index contributed by atoms with van der Waals surface area (Å²) in [5, 5.41) is 30.6. The zero-order valence-corrected chi connectivity index (χ0v) is 16.1. The molecule has 0 atom stereocenters. The van der Waals surface area contributed by atoms with Gasteiger partial charge < -0.3 is 29.2 Å². The average Bonchev–Trinajstić information content (AvgIpc) is 2.68. The molecule has 2 aromatic carbocycles. The van der Waals surface area contributed by atoms with Crippen LogP contribution in [0.2, 0.25) is 5.02 Å². The highest BCUT2D eigenvalue weighted by Gasteiger charge is 2.22. The molecule has 8 heteroatoms. The van der Waals surface area contributed by atoms with Crippen molar-refractivity contribution in [3.05, 3.63) is 51.6 Å². The molecule has 0 spiro atoms. The van der Waals surface area contributed by atoms with Gasteiger partial charge in [-0.3, -0.25) is 4.79 Å². The van der Waals surface area contributed by atoms with Gasteiger partial charge in [0.2, 0.25) is 5.43 Å². The standard InChI is InChI=1S/C21H15ClO7/c1-27-19-4-9(3-12(22)21(19)28-2)20-10-5-13(23)15(25)7-17(10)29-18-8-16(26)14(24)6-11(18)20/h3-8,23-25H,1-2H3. The number of ether oxygens (including phenoxy) is 2. The summed E-state index contributed by atoms with van der Waals surface area (Å²) < 4.78 is 16.4. The van der Waals surface area contributed by atoms with Crippen LogP contribution in [0, 0.1) is 0 Å². The Labute approximate surface area is 169 Å². The molecular weight excluding hydrogens is 400 g/mol. The maximum absolute atomic E-state index is 11.9. The number of fused-ring (bicyclic) bond motifs is 2. The monoisotopic (exact) mass is 414 g/mol. The lowest BCUT2D eigenvalue weighted by molar-refractivity contribution is 0.355. The van der Waals surface area contributed by atoms with Gasteiger partial charge in [-0.25, -0.2) is 0 Å². The highest BCUT2D eigenvalue weighted by atomic mass is 35.5. The fourth-order valence-electron chi connectivity index (χ4n) is 3.30. The Hall–Kier alpha value is -3.58. The van der Waals surface area contributed by atoms with Crippen LogP contribution in [0.15, 0.2) is 45.6 Å². The number of phenolic OH excluding ortho intramolecular Hbond substituents is 3. The van der Waals surface area contributed by atoms with Crippen molar-refractivity contribution in [3.8, 4) is 51.2 Å².